The number of Topliss-reactive ketones (excluding diaryl/α,β-unsaturated/α-hetero) is 1. The molecule has 0 aromatic rings. The number of esters is 1. The fourth-order valence-corrected chi connectivity index (χ4v) is 4.06. The molecule has 3 nitrogen and oxygen atoms in total. The number of allylic oxidation sites excluding steroid dienone is 1. The van der Waals surface area contributed by atoms with Gasteiger partial charge in [0.2, 0.25) is 0 Å². The predicted molar refractivity (Wildman–Crippen MR) is 69.0 cm³/mol. The van der Waals surface area contributed by atoms with Crippen LogP contribution in [-0.4, -0.2) is 17.9 Å². The monoisotopic (exact) mass is 250 g/mol. The van der Waals surface area contributed by atoms with Gasteiger partial charge in [0, 0.05) is 12.8 Å². The summed E-state index contributed by atoms with van der Waals surface area (Å²) in [6.07, 6.45) is 7.18. The quantitative estimate of drug-likeness (QED) is 0.559. The van der Waals surface area contributed by atoms with E-state index in [1.807, 2.05) is 13.0 Å². The molecule has 0 N–H and O–H groups in total. The fourth-order valence-electron chi connectivity index (χ4n) is 4.06. The first kappa shape index (κ1) is 13.3. The van der Waals surface area contributed by atoms with Gasteiger partial charge >= 0.3 is 5.97 Å². The molecule has 2 atom stereocenters. The van der Waals surface area contributed by atoms with Crippen molar-refractivity contribution in [1.29, 1.82) is 0 Å². The lowest BCUT2D eigenvalue weighted by atomic mass is 9.63. The summed E-state index contributed by atoms with van der Waals surface area (Å²) in [5.74, 6) is 0.0530. The molecule has 0 aromatic carbocycles. The molecule has 2 aliphatic rings. The highest BCUT2D eigenvalue weighted by atomic mass is 16.5. The fraction of sp³-hybridized carbons (Fsp3) is 0.733. The first-order chi connectivity index (χ1) is 8.44. The van der Waals surface area contributed by atoms with Gasteiger partial charge in [0.15, 0.2) is 0 Å². The van der Waals surface area contributed by atoms with Crippen LogP contribution >= 0.6 is 0 Å². The van der Waals surface area contributed by atoms with E-state index in [4.69, 9.17) is 4.74 Å². The lowest BCUT2D eigenvalue weighted by Gasteiger charge is -2.42. The molecule has 0 saturated heterocycles. The first-order valence-corrected chi connectivity index (χ1v) is 6.81. The van der Waals surface area contributed by atoms with Crippen LogP contribution in [0.4, 0.5) is 0 Å². The van der Waals surface area contributed by atoms with Gasteiger partial charge in [0.25, 0.3) is 0 Å². The Morgan fingerprint density at radius 3 is 2.39 bits per heavy atom. The molecule has 1 saturated carbocycles. The smallest absolute Gasteiger partial charge is 0.303 e. The first-order valence-electron chi connectivity index (χ1n) is 6.81. The van der Waals surface area contributed by atoms with Gasteiger partial charge in [-0.3, -0.25) is 9.59 Å². The molecule has 2 aliphatic carbocycles. The average molecular weight is 250 g/mol. The van der Waals surface area contributed by atoms with Gasteiger partial charge in [-0.25, -0.2) is 0 Å². The van der Waals surface area contributed by atoms with E-state index in [0.717, 1.165) is 24.8 Å². The maximum atomic E-state index is 12.0. The van der Waals surface area contributed by atoms with Gasteiger partial charge in [-0.2, -0.15) is 0 Å². The topological polar surface area (TPSA) is 43.4 Å². The van der Waals surface area contributed by atoms with E-state index in [9.17, 15) is 9.59 Å². The molecule has 0 aromatic heterocycles. The Bertz CT molecular complexity index is 389. The largest absolute Gasteiger partial charge is 0.458 e. The van der Waals surface area contributed by atoms with Gasteiger partial charge in [0.1, 0.15) is 11.9 Å². The summed E-state index contributed by atoms with van der Waals surface area (Å²) in [5, 5.41) is 0. The number of ether oxygens (including phenoxy) is 1. The van der Waals surface area contributed by atoms with Gasteiger partial charge in [-0.1, -0.05) is 18.4 Å². The summed E-state index contributed by atoms with van der Waals surface area (Å²) in [6, 6.07) is 0. The third-order valence-electron chi connectivity index (χ3n) is 4.45. The van der Waals surface area contributed by atoms with E-state index in [-0.39, 0.29) is 29.2 Å². The third-order valence-corrected chi connectivity index (χ3v) is 4.45. The van der Waals surface area contributed by atoms with Crippen molar-refractivity contribution < 1.29 is 14.3 Å². The van der Waals surface area contributed by atoms with E-state index in [1.165, 1.54) is 19.8 Å². The SMILES string of the molecule is CC(=O)OC1C=C(C)C(C(C)=O)C2(CCCC2)C1. The highest BCUT2D eigenvalue weighted by molar-refractivity contribution is 5.82. The van der Waals surface area contributed by atoms with Gasteiger partial charge < -0.3 is 4.74 Å². The van der Waals surface area contributed by atoms with E-state index in [1.54, 1.807) is 6.92 Å². The Labute approximate surface area is 109 Å². The Morgan fingerprint density at radius 1 is 1.28 bits per heavy atom. The molecule has 1 spiro atoms. The summed E-state index contributed by atoms with van der Waals surface area (Å²) in [5.41, 5.74) is 1.13. The van der Waals surface area contributed by atoms with Crippen LogP contribution in [0.25, 0.3) is 0 Å². The molecule has 0 heterocycles. The van der Waals surface area contributed by atoms with Crippen molar-refractivity contribution in [2.75, 3.05) is 0 Å². The second-order valence-electron chi connectivity index (χ2n) is 5.88. The highest BCUT2D eigenvalue weighted by Crippen LogP contribution is 2.53. The zero-order valence-corrected chi connectivity index (χ0v) is 11.5. The Morgan fingerprint density at radius 2 is 1.89 bits per heavy atom. The lowest BCUT2D eigenvalue weighted by molar-refractivity contribution is -0.146. The second-order valence-corrected chi connectivity index (χ2v) is 5.88. The molecule has 2 rings (SSSR count). The maximum absolute atomic E-state index is 12.0. The summed E-state index contributed by atoms with van der Waals surface area (Å²) in [7, 11) is 0. The minimum absolute atomic E-state index is 0.0341. The predicted octanol–water partition coefficient (Wildman–Crippen LogP) is 3.03. The van der Waals surface area contributed by atoms with Crippen LogP contribution in [0.3, 0.4) is 0 Å². The van der Waals surface area contributed by atoms with Crippen molar-refractivity contribution in [3.8, 4) is 0 Å². The van der Waals surface area contributed by atoms with Crippen molar-refractivity contribution in [3.05, 3.63) is 11.6 Å². The van der Waals surface area contributed by atoms with Crippen LogP contribution in [0.1, 0.15) is 52.9 Å². The molecule has 1 fully saturated rings. The van der Waals surface area contributed by atoms with E-state index in [2.05, 4.69) is 0 Å². The average Bonchev–Trinajstić information content (AvgIpc) is 2.63. The van der Waals surface area contributed by atoms with Crippen molar-refractivity contribution in [3.63, 3.8) is 0 Å². The third kappa shape index (κ3) is 2.36. The van der Waals surface area contributed by atoms with Gasteiger partial charge in [-0.15, -0.1) is 0 Å². The molecule has 0 amide bonds. The summed E-state index contributed by atoms with van der Waals surface area (Å²) in [6.45, 7) is 5.14. The Balaban J connectivity index is 2.30. The van der Waals surface area contributed by atoms with Crippen molar-refractivity contribution in [1.82, 2.24) is 0 Å². The number of rotatable bonds is 2. The number of carbonyl (C=O) groups is 2. The molecule has 0 radical (unpaired) electrons. The van der Waals surface area contributed by atoms with Crippen molar-refractivity contribution >= 4 is 11.8 Å². The van der Waals surface area contributed by atoms with E-state index >= 15 is 0 Å². The Kier molecular flexibility index (Phi) is 3.60. The zero-order chi connectivity index (χ0) is 13.3. The molecule has 2 unspecified atom stereocenters. The van der Waals surface area contributed by atoms with Crippen LogP contribution in [0.2, 0.25) is 0 Å². The molecule has 3 heteroatoms. The minimum atomic E-state index is -0.238. The van der Waals surface area contributed by atoms with Crippen molar-refractivity contribution in [2.24, 2.45) is 11.3 Å². The number of hydrogen-bond donors (Lipinski definition) is 0. The normalized spacial score (nSPS) is 30.1. The molecular weight excluding hydrogens is 228 g/mol. The zero-order valence-electron chi connectivity index (χ0n) is 11.5. The maximum Gasteiger partial charge on any atom is 0.303 e. The standard InChI is InChI=1S/C15H22O3/c1-10-8-13(18-12(3)17)9-15(6-4-5-7-15)14(10)11(2)16/h8,13-14H,4-7,9H2,1-3H3. The lowest BCUT2D eigenvalue weighted by Crippen LogP contribution is -2.41. The highest BCUT2D eigenvalue weighted by Gasteiger charge is 2.48. The molecule has 100 valence electrons. The van der Waals surface area contributed by atoms with Crippen LogP contribution in [-0.2, 0) is 14.3 Å². The van der Waals surface area contributed by atoms with Crippen LogP contribution in [0, 0.1) is 11.3 Å². The minimum Gasteiger partial charge on any atom is -0.458 e. The molecule has 18 heavy (non-hydrogen) atoms. The van der Waals surface area contributed by atoms with Crippen LogP contribution in [0.15, 0.2) is 11.6 Å². The van der Waals surface area contributed by atoms with Crippen LogP contribution in [0.5, 0.6) is 0 Å². The van der Waals surface area contributed by atoms with E-state index in [0.29, 0.717) is 0 Å². The molecule has 0 aliphatic heterocycles. The van der Waals surface area contributed by atoms with Crippen molar-refractivity contribution in [2.45, 2.75) is 59.0 Å². The number of carbonyl (C=O) groups excluding carboxylic acids is 2. The van der Waals surface area contributed by atoms with E-state index < -0.39 is 0 Å². The van der Waals surface area contributed by atoms with Crippen LogP contribution < -0.4 is 0 Å². The Hall–Kier alpha value is -1.12. The van der Waals surface area contributed by atoms with Gasteiger partial charge in [-0.05, 0) is 44.6 Å². The van der Waals surface area contributed by atoms with Gasteiger partial charge in [0.05, 0.1) is 0 Å². The summed E-state index contributed by atoms with van der Waals surface area (Å²) < 4.78 is 5.35. The second kappa shape index (κ2) is 4.87. The summed E-state index contributed by atoms with van der Waals surface area (Å²) >= 11 is 0. The molecule has 0 bridgehead atoms. The summed E-state index contributed by atoms with van der Waals surface area (Å²) in [4.78, 5) is 23.1. The number of hydrogen-bond acceptors (Lipinski definition) is 3. The number of ketones is 1. The molecular formula is C15H22O3.